The maximum atomic E-state index is 12.3. The summed E-state index contributed by atoms with van der Waals surface area (Å²) < 4.78 is 37.3. The van der Waals surface area contributed by atoms with Crippen LogP contribution in [0, 0.1) is 5.41 Å². The summed E-state index contributed by atoms with van der Waals surface area (Å²) in [4.78, 5) is 12.0. The highest BCUT2D eigenvalue weighted by Gasteiger charge is 2.15. The van der Waals surface area contributed by atoms with E-state index in [1.165, 1.54) is 38.5 Å². The van der Waals surface area contributed by atoms with Crippen LogP contribution < -0.4 is 25.2 Å². The van der Waals surface area contributed by atoms with E-state index < -0.39 is 10.0 Å². The molecular weight excluding hydrogens is 384 g/mol. The lowest BCUT2D eigenvalue weighted by molar-refractivity contribution is -0.116. The van der Waals surface area contributed by atoms with Crippen molar-refractivity contribution in [2.75, 3.05) is 26.1 Å². The summed E-state index contributed by atoms with van der Waals surface area (Å²) in [5, 5.41) is 10.0. The fourth-order valence-electron chi connectivity index (χ4n) is 2.35. The molecule has 2 aromatic rings. The molecule has 28 heavy (non-hydrogen) atoms. The Hall–Kier alpha value is -3.11. The molecule has 0 aromatic heterocycles. The van der Waals surface area contributed by atoms with E-state index in [0.29, 0.717) is 22.7 Å². The number of carbonyl (C=O) groups excluding carboxylic acids is 1. The van der Waals surface area contributed by atoms with Crippen molar-refractivity contribution in [2.45, 2.75) is 11.3 Å². The number of nitrogen functional groups attached to an aromatic ring is 1. The minimum atomic E-state index is -3.82. The van der Waals surface area contributed by atoms with E-state index in [9.17, 15) is 13.2 Å². The number of nitrogens with one attached hydrogen (secondary N) is 3. The molecule has 0 aliphatic carbocycles. The molecule has 0 unspecified atom stereocenters. The van der Waals surface area contributed by atoms with Gasteiger partial charge in [0.2, 0.25) is 15.9 Å². The number of hydrogen-bond acceptors (Lipinski definition) is 6. The fraction of sp³-hybridized carbons (Fsp3) is 0.222. The van der Waals surface area contributed by atoms with Gasteiger partial charge in [-0.15, -0.1) is 0 Å². The zero-order valence-corrected chi connectivity index (χ0v) is 16.3. The van der Waals surface area contributed by atoms with Gasteiger partial charge in [0.25, 0.3) is 0 Å². The van der Waals surface area contributed by atoms with Gasteiger partial charge in [-0.25, -0.2) is 13.1 Å². The monoisotopic (exact) mass is 406 g/mol. The molecule has 2 aromatic carbocycles. The normalized spacial score (nSPS) is 10.9. The number of anilines is 1. The molecule has 0 atom stereocenters. The number of amidine groups is 1. The summed E-state index contributed by atoms with van der Waals surface area (Å²) in [6.07, 6.45) is -0.0695. The van der Waals surface area contributed by atoms with Gasteiger partial charge in [0, 0.05) is 30.3 Å². The quantitative estimate of drug-likeness (QED) is 0.365. The van der Waals surface area contributed by atoms with Crippen molar-refractivity contribution >= 4 is 27.5 Å². The highest BCUT2D eigenvalue weighted by molar-refractivity contribution is 7.89. The Labute approximate surface area is 163 Å². The molecule has 0 bridgehead atoms. The zero-order chi connectivity index (χ0) is 20.7. The van der Waals surface area contributed by atoms with Crippen molar-refractivity contribution in [3.63, 3.8) is 0 Å². The molecule has 0 fully saturated rings. The summed E-state index contributed by atoms with van der Waals surface area (Å²) in [5.74, 6) is 0.395. The Morgan fingerprint density at radius 3 is 2.46 bits per heavy atom. The van der Waals surface area contributed by atoms with Gasteiger partial charge < -0.3 is 20.5 Å². The van der Waals surface area contributed by atoms with Crippen LogP contribution in [-0.2, 0) is 14.8 Å². The summed E-state index contributed by atoms with van der Waals surface area (Å²) >= 11 is 0. The van der Waals surface area contributed by atoms with Crippen molar-refractivity contribution in [3.05, 3.63) is 48.0 Å². The van der Waals surface area contributed by atoms with Crippen LogP contribution in [0.4, 0.5) is 5.69 Å². The van der Waals surface area contributed by atoms with Gasteiger partial charge in [-0.2, -0.15) is 0 Å². The lowest BCUT2D eigenvalue weighted by Crippen LogP contribution is -2.28. The summed E-state index contributed by atoms with van der Waals surface area (Å²) in [7, 11) is -0.830. The van der Waals surface area contributed by atoms with Crippen LogP contribution in [0.5, 0.6) is 11.5 Å². The van der Waals surface area contributed by atoms with Crippen molar-refractivity contribution in [2.24, 2.45) is 5.73 Å². The average molecular weight is 406 g/mol. The molecule has 0 spiro atoms. The van der Waals surface area contributed by atoms with Gasteiger partial charge in [-0.3, -0.25) is 10.2 Å². The maximum Gasteiger partial charge on any atom is 0.240 e. The highest BCUT2D eigenvalue weighted by atomic mass is 32.2. The molecule has 0 saturated heterocycles. The van der Waals surface area contributed by atoms with Gasteiger partial charge >= 0.3 is 0 Å². The molecule has 0 saturated carbocycles. The van der Waals surface area contributed by atoms with E-state index in [0.717, 1.165) is 0 Å². The molecule has 0 heterocycles. The maximum absolute atomic E-state index is 12.3. The first kappa shape index (κ1) is 21.2. The van der Waals surface area contributed by atoms with Crippen LogP contribution in [0.25, 0.3) is 0 Å². The van der Waals surface area contributed by atoms with Crippen molar-refractivity contribution in [3.8, 4) is 11.5 Å². The largest absolute Gasteiger partial charge is 0.493 e. The Morgan fingerprint density at radius 1 is 1.11 bits per heavy atom. The first-order valence-corrected chi connectivity index (χ1v) is 9.71. The van der Waals surface area contributed by atoms with E-state index in [4.69, 9.17) is 20.6 Å². The Morgan fingerprint density at radius 2 is 1.82 bits per heavy atom. The first-order chi connectivity index (χ1) is 13.3. The predicted molar refractivity (Wildman–Crippen MR) is 105 cm³/mol. The van der Waals surface area contributed by atoms with Gasteiger partial charge in [0.15, 0.2) is 11.5 Å². The Kier molecular flexibility index (Phi) is 6.96. The summed E-state index contributed by atoms with van der Waals surface area (Å²) in [6.45, 7) is -0.0915. The lowest BCUT2D eigenvalue weighted by Gasteiger charge is -2.11. The van der Waals surface area contributed by atoms with Gasteiger partial charge in [-0.05, 0) is 24.3 Å². The van der Waals surface area contributed by atoms with Crippen molar-refractivity contribution in [1.29, 1.82) is 5.41 Å². The van der Waals surface area contributed by atoms with Crippen molar-refractivity contribution in [1.82, 2.24) is 4.72 Å². The number of nitrogens with two attached hydrogens (primary N) is 1. The molecule has 0 aliphatic rings. The number of ether oxygens (including phenoxy) is 2. The average Bonchev–Trinajstić information content (AvgIpc) is 2.67. The minimum Gasteiger partial charge on any atom is -0.493 e. The molecule has 150 valence electrons. The lowest BCUT2D eigenvalue weighted by atomic mass is 10.2. The summed E-state index contributed by atoms with van der Waals surface area (Å²) in [6, 6.07) is 10.6. The van der Waals surface area contributed by atoms with Crippen LogP contribution in [0.15, 0.2) is 47.4 Å². The van der Waals surface area contributed by atoms with E-state index in [1.807, 2.05) is 0 Å². The standard InChI is InChI=1S/C18H22N4O5S/c1-26-15-7-6-13(11-16(15)27-2)22-17(23)8-9-21-28(24,25)14-5-3-4-12(10-14)18(19)20/h3-7,10-11,21H,8-9H2,1-2H3,(H3,19,20)(H,22,23). The molecule has 0 radical (unpaired) electrons. The minimum absolute atomic E-state index is 0.0273. The number of methoxy groups -OCH3 is 2. The summed E-state index contributed by atoms with van der Waals surface area (Å²) in [5.41, 5.74) is 6.18. The zero-order valence-electron chi connectivity index (χ0n) is 15.5. The molecular formula is C18H22N4O5S. The van der Waals surface area contributed by atoms with Crippen LogP contribution in [0.1, 0.15) is 12.0 Å². The van der Waals surface area contributed by atoms with Crippen LogP contribution >= 0.6 is 0 Å². The van der Waals surface area contributed by atoms with Crippen LogP contribution in [-0.4, -0.2) is 40.9 Å². The molecule has 10 heteroatoms. The fourth-order valence-corrected chi connectivity index (χ4v) is 3.43. The smallest absolute Gasteiger partial charge is 0.240 e. The Bertz CT molecular complexity index is 976. The molecule has 5 N–H and O–H groups in total. The first-order valence-electron chi connectivity index (χ1n) is 8.23. The number of hydrogen-bond donors (Lipinski definition) is 4. The van der Waals surface area contributed by atoms with E-state index in [2.05, 4.69) is 10.0 Å². The van der Waals surface area contributed by atoms with E-state index >= 15 is 0 Å². The Balaban J connectivity index is 1.94. The molecule has 0 aliphatic heterocycles. The third-order valence-corrected chi connectivity index (χ3v) is 5.23. The number of benzene rings is 2. The van der Waals surface area contributed by atoms with Gasteiger partial charge in [0.1, 0.15) is 5.84 Å². The second-order valence-corrected chi connectivity index (χ2v) is 7.47. The van der Waals surface area contributed by atoms with Crippen LogP contribution in [0.2, 0.25) is 0 Å². The van der Waals surface area contributed by atoms with E-state index in [1.54, 1.807) is 18.2 Å². The third-order valence-electron chi connectivity index (χ3n) is 3.77. The third kappa shape index (κ3) is 5.44. The molecule has 1 amide bonds. The number of sulfonamides is 1. The van der Waals surface area contributed by atoms with Crippen molar-refractivity contribution < 1.29 is 22.7 Å². The molecule has 2 rings (SSSR count). The van der Waals surface area contributed by atoms with Gasteiger partial charge in [0.05, 0.1) is 19.1 Å². The second-order valence-electron chi connectivity index (χ2n) is 5.71. The highest BCUT2D eigenvalue weighted by Crippen LogP contribution is 2.29. The molecule has 9 nitrogen and oxygen atoms in total. The van der Waals surface area contributed by atoms with E-state index in [-0.39, 0.29) is 29.6 Å². The topological polar surface area (TPSA) is 144 Å². The van der Waals surface area contributed by atoms with Gasteiger partial charge in [-0.1, -0.05) is 12.1 Å². The predicted octanol–water partition coefficient (Wildman–Crippen LogP) is 1.29. The number of rotatable bonds is 9. The second kappa shape index (κ2) is 9.20. The SMILES string of the molecule is COc1ccc(NC(=O)CCNS(=O)(=O)c2cccc(C(=N)N)c2)cc1OC. The number of carbonyl (C=O) groups is 1. The number of amides is 1. The van der Waals surface area contributed by atoms with Crippen LogP contribution in [0.3, 0.4) is 0 Å².